The molecule has 0 aromatic rings. The smallest absolute Gasteiger partial charge is 0.303 e. The van der Waals surface area contributed by atoms with Crippen molar-refractivity contribution < 1.29 is 15.0 Å². The molecule has 1 rings (SSSR count). The second-order valence-corrected chi connectivity index (χ2v) is 4.43. The Labute approximate surface area is 90.9 Å². The first-order valence-electron chi connectivity index (χ1n) is 5.73. The van der Waals surface area contributed by atoms with Crippen LogP contribution in [-0.2, 0) is 4.79 Å². The summed E-state index contributed by atoms with van der Waals surface area (Å²) in [5.74, 6) is -0.724. The van der Waals surface area contributed by atoms with Crippen molar-refractivity contribution in [2.45, 2.75) is 51.2 Å². The quantitative estimate of drug-likeness (QED) is 0.720. The van der Waals surface area contributed by atoms with Gasteiger partial charge in [0.2, 0.25) is 0 Å². The summed E-state index contributed by atoms with van der Waals surface area (Å²) in [6, 6.07) is 0.351. The van der Waals surface area contributed by atoms with Crippen molar-refractivity contribution in [2.24, 2.45) is 0 Å². The first kappa shape index (κ1) is 12.5. The molecule has 0 saturated carbocycles. The van der Waals surface area contributed by atoms with Crippen molar-refractivity contribution in [3.05, 3.63) is 0 Å². The van der Waals surface area contributed by atoms with Crippen LogP contribution < -0.4 is 0 Å². The fourth-order valence-corrected chi connectivity index (χ4v) is 2.26. The van der Waals surface area contributed by atoms with Crippen LogP contribution in [0, 0.1) is 0 Å². The minimum absolute atomic E-state index is 0.237. The summed E-state index contributed by atoms with van der Waals surface area (Å²) in [6.07, 6.45) is 4.04. The van der Waals surface area contributed by atoms with Crippen LogP contribution in [-0.4, -0.2) is 46.3 Å². The van der Waals surface area contributed by atoms with Gasteiger partial charge in [-0.1, -0.05) is 6.42 Å². The summed E-state index contributed by atoms with van der Waals surface area (Å²) in [7, 11) is 0. The Kier molecular flexibility index (Phi) is 5.05. The van der Waals surface area contributed by atoms with Gasteiger partial charge in [0, 0.05) is 19.0 Å². The predicted octanol–water partition coefficient (Wildman–Crippen LogP) is 1.09. The molecule has 15 heavy (non-hydrogen) atoms. The molecule has 1 aliphatic rings. The number of aliphatic carboxylic acids is 1. The van der Waals surface area contributed by atoms with E-state index in [4.69, 9.17) is 5.11 Å². The van der Waals surface area contributed by atoms with E-state index >= 15 is 0 Å². The van der Waals surface area contributed by atoms with Gasteiger partial charge in [0.1, 0.15) is 0 Å². The molecule has 2 N–H and O–H groups in total. The summed E-state index contributed by atoms with van der Waals surface area (Å²) < 4.78 is 0. The molecule has 4 nitrogen and oxygen atoms in total. The average Bonchev–Trinajstić information content (AvgIpc) is 2.15. The largest absolute Gasteiger partial charge is 0.481 e. The van der Waals surface area contributed by atoms with Crippen LogP contribution in [0.1, 0.15) is 39.0 Å². The van der Waals surface area contributed by atoms with Gasteiger partial charge in [0.15, 0.2) is 0 Å². The summed E-state index contributed by atoms with van der Waals surface area (Å²) >= 11 is 0. The van der Waals surface area contributed by atoms with Gasteiger partial charge in [0.05, 0.1) is 6.10 Å². The zero-order valence-corrected chi connectivity index (χ0v) is 9.35. The van der Waals surface area contributed by atoms with E-state index in [1.165, 1.54) is 6.42 Å². The molecule has 0 aliphatic carbocycles. The molecule has 1 aliphatic heterocycles. The molecule has 0 spiro atoms. The van der Waals surface area contributed by atoms with Crippen molar-refractivity contribution in [1.29, 1.82) is 0 Å². The maximum absolute atomic E-state index is 10.5. The lowest BCUT2D eigenvalue weighted by Gasteiger charge is -2.36. The molecule has 1 saturated heterocycles. The number of piperidine rings is 1. The first-order valence-corrected chi connectivity index (χ1v) is 5.73. The van der Waals surface area contributed by atoms with Gasteiger partial charge in [-0.2, -0.15) is 0 Å². The third kappa shape index (κ3) is 4.62. The van der Waals surface area contributed by atoms with Crippen LogP contribution in [0.4, 0.5) is 0 Å². The van der Waals surface area contributed by atoms with Gasteiger partial charge in [-0.25, -0.2) is 0 Å². The number of rotatable bonds is 5. The molecule has 0 bridgehead atoms. The summed E-state index contributed by atoms with van der Waals surface area (Å²) in [6.45, 7) is 3.45. The predicted molar refractivity (Wildman–Crippen MR) is 57.8 cm³/mol. The van der Waals surface area contributed by atoms with Crippen LogP contribution >= 0.6 is 0 Å². The minimum atomic E-state index is -0.724. The van der Waals surface area contributed by atoms with Crippen molar-refractivity contribution in [3.8, 4) is 0 Å². The molecule has 2 atom stereocenters. The van der Waals surface area contributed by atoms with E-state index in [0.29, 0.717) is 19.0 Å². The van der Waals surface area contributed by atoms with E-state index in [0.717, 1.165) is 19.4 Å². The molecule has 0 aromatic carbocycles. The maximum atomic E-state index is 10.5. The molecule has 2 unspecified atom stereocenters. The lowest BCUT2D eigenvalue weighted by molar-refractivity contribution is -0.137. The van der Waals surface area contributed by atoms with Crippen molar-refractivity contribution in [1.82, 2.24) is 4.90 Å². The molecule has 0 radical (unpaired) electrons. The molecule has 1 heterocycles. The zero-order chi connectivity index (χ0) is 11.3. The number of aliphatic hydroxyl groups is 1. The lowest BCUT2D eigenvalue weighted by atomic mass is 9.97. The third-order valence-electron chi connectivity index (χ3n) is 2.94. The highest BCUT2D eigenvalue weighted by molar-refractivity contribution is 5.66. The topological polar surface area (TPSA) is 60.8 Å². The summed E-state index contributed by atoms with van der Waals surface area (Å²) in [5.41, 5.74) is 0. The number of carbonyl (C=O) groups is 1. The number of hydrogen-bond donors (Lipinski definition) is 2. The number of β-amino-alcohol motifs (C(OH)–C–C–N with tert-alkyl or cyclic N) is 1. The van der Waals surface area contributed by atoms with Gasteiger partial charge in [0.25, 0.3) is 0 Å². The van der Waals surface area contributed by atoms with Crippen LogP contribution in [0.3, 0.4) is 0 Å². The van der Waals surface area contributed by atoms with Gasteiger partial charge >= 0.3 is 5.97 Å². The number of hydrogen-bond acceptors (Lipinski definition) is 3. The first-order chi connectivity index (χ1) is 7.09. The van der Waals surface area contributed by atoms with Gasteiger partial charge < -0.3 is 10.2 Å². The Morgan fingerprint density at radius 3 is 2.87 bits per heavy atom. The second kappa shape index (κ2) is 6.08. The average molecular weight is 215 g/mol. The second-order valence-electron chi connectivity index (χ2n) is 4.43. The standard InChI is InChI=1S/C11H21NO3/c1-9(13)8-12-7-3-2-4-10(12)5-6-11(14)15/h9-10,13H,2-8H2,1H3,(H,14,15). The Balaban J connectivity index is 2.38. The SMILES string of the molecule is CC(O)CN1CCCCC1CCC(=O)O. The normalized spacial score (nSPS) is 25.1. The van der Waals surface area contributed by atoms with Crippen molar-refractivity contribution in [3.63, 3.8) is 0 Å². The molecule has 0 amide bonds. The van der Waals surface area contributed by atoms with Crippen LogP contribution in [0.15, 0.2) is 0 Å². The number of aliphatic hydroxyl groups excluding tert-OH is 1. The van der Waals surface area contributed by atoms with Crippen molar-refractivity contribution in [2.75, 3.05) is 13.1 Å². The van der Waals surface area contributed by atoms with Crippen molar-refractivity contribution >= 4 is 5.97 Å². The molecule has 4 heteroatoms. The Bertz CT molecular complexity index is 206. The zero-order valence-electron chi connectivity index (χ0n) is 9.35. The fraction of sp³-hybridized carbons (Fsp3) is 0.909. The third-order valence-corrected chi connectivity index (χ3v) is 2.94. The maximum Gasteiger partial charge on any atom is 0.303 e. The highest BCUT2D eigenvalue weighted by Gasteiger charge is 2.23. The minimum Gasteiger partial charge on any atom is -0.481 e. The monoisotopic (exact) mass is 215 g/mol. The van der Waals surface area contributed by atoms with E-state index in [1.54, 1.807) is 6.92 Å². The molecule has 1 fully saturated rings. The number of nitrogens with zero attached hydrogens (tertiary/aromatic N) is 1. The van der Waals surface area contributed by atoms with Crippen LogP contribution in [0.2, 0.25) is 0 Å². The number of carboxylic acid groups (broad SMARTS) is 1. The van der Waals surface area contributed by atoms with E-state index in [1.807, 2.05) is 0 Å². The van der Waals surface area contributed by atoms with Gasteiger partial charge in [-0.05, 0) is 32.7 Å². The molecule has 88 valence electrons. The van der Waals surface area contributed by atoms with E-state index < -0.39 is 5.97 Å². The Hall–Kier alpha value is -0.610. The summed E-state index contributed by atoms with van der Waals surface area (Å²) in [4.78, 5) is 12.7. The lowest BCUT2D eigenvalue weighted by Crippen LogP contribution is -2.43. The van der Waals surface area contributed by atoms with E-state index in [9.17, 15) is 9.90 Å². The summed E-state index contributed by atoms with van der Waals surface area (Å²) in [5, 5.41) is 18.0. The molecular formula is C11H21NO3. The van der Waals surface area contributed by atoms with Gasteiger partial charge in [-0.3, -0.25) is 9.69 Å². The Morgan fingerprint density at radius 2 is 2.27 bits per heavy atom. The van der Waals surface area contributed by atoms with Crippen LogP contribution in [0.25, 0.3) is 0 Å². The van der Waals surface area contributed by atoms with Crippen LogP contribution in [0.5, 0.6) is 0 Å². The molecular weight excluding hydrogens is 194 g/mol. The fourth-order valence-electron chi connectivity index (χ4n) is 2.26. The highest BCUT2D eigenvalue weighted by atomic mass is 16.4. The highest BCUT2D eigenvalue weighted by Crippen LogP contribution is 2.20. The van der Waals surface area contributed by atoms with Gasteiger partial charge in [-0.15, -0.1) is 0 Å². The van der Waals surface area contributed by atoms with E-state index in [-0.39, 0.29) is 12.5 Å². The molecule has 0 aromatic heterocycles. The van der Waals surface area contributed by atoms with E-state index in [2.05, 4.69) is 4.90 Å². The number of carboxylic acids is 1. The Morgan fingerprint density at radius 1 is 1.53 bits per heavy atom. The number of likely N-dealkylation sites (tertiary alicyclic amines) is 1.